The highest BCUT2D eigenvalue weighted by atomic mass is 16.5. The van der Waals surface area contributed by atoms with Crippen molar-refractivity contribution < 1.29 is 9.32 Å². The quantitative estimate of drug-likeness (QED) is 0.775. The molecule has 0 bridgehead atoms. The molecule has 8 nitrogen and oxygen atoms in total. The molecule has 0 aromatic carbocycles. The summed E-state index contributed by atoms with van der Waals surface area (Å²) < 4.78 is 7.12. The van der Waals surface area contributed by atoms with E-state index in [1.807, 2.05) is 40.6 Å². The van der Waals surface area contributed by atoms with E-state index in [1.165, 1.54) is 0 Å². The van der Waals surface area contributed by atoms with Gasteiger partial charge in [-0.05, 0) is 38.8 Å². The van der Waals surface area contributed by atoms with Crippen molar-refractivity contribution in [2.45, 2.75) is 32.6 Å². The summed E-state index contributed by atoms with van der Waals surface area (Å²) >= 11 is 0. The van der Waals surface area contributed by atoms with Crippen LogP contribution in [0.2, 0.25) is 0 Å². The molecule has 3 aromatic heterocycles. The van der Waals surface area contributed by atoms with Gasteiger partial charge in [0, 0.05) is 25.2 Å². The van der Waals surface area contributed by atoms with Crippen molar-refractivity contribution in [1.29, 1.82) is 0 Å². The monoisotopic (exact) mass is 340 g/mol. The highest BCUT2D eigenvalue weighted by molar-refractivity contribution is 5.90. The summed E-state index contributed by atoms with van der Waals surface area (Å²) in [6.45, 7) is 4.97. The van der Waals surface area contributed by atoms with E-state index in [0.717, 1.165) is 24.3 Å². The molecule has 0 atom stereocenters. The van der Waals surface area contributed by atoms with Crippen molar-refractivity contribution in [3.05, 3.63) is 41.7 Å². The zero-order valence-electron chi connectivity index (χ0n) is 14.3. The van der Waals surface area contributed by atoms with Crippen LogP contribution in [0.1, 0.15) is 36.0 Å². The number of anilines is 1. The van der Waals surface area contributed by atoms with Crippen LogP contribution in [0.25, 0.3) is 5.65 Å². The van der Waals surface area contributed by atoms with E-state index in [1.54, 1.807) is 6.92 Å². The van der Waals surface area contributed by atoms with Gasteiger partial charge in [0.2, 0.25) is 0 Å². The van der Waals surface area contributed by atoms with Crippen LogP contribution in [0.4, 0.5) is 10.5 Å². The van der Waals surface area contributed by atoms with Gasteiger partial charge < -0.3 is 14.7 Å². The molecule has 1 aliphatic rings. The van der Waals surface area contributed by atoms with Crippen molar-refractivity contribution in [1.82, 2.24) is 24.7 Å². The Kier molecular flexibility index (Phi) is 3.87. The number of pyridine rings is 1. The fraction of sp³-hybridized carbons (Fsp3) is 0.412. The maximum absolute atomic E-state index is 12.5. The molecule has 4 heterocycles. The summed E-state index contributed by atoms with van der Waals surface area (Å²) in [7, 11) is 0. The lowest BCUT2D eigenvalue weighted by atomic mass is 9.96. The van der Waals surface area contributed by atoms with Gasteiger partial charge in [-0.3, -0.25) is 4.40 Å². The first-order chi connectivity index (χ1) is 12.1. The molecular weight excluding hydrogens is 320 g/mol. The van der Waals surface area contributed by atoms with Gasteiger partial charge >= 0.3 is 6.03 Å². The molecule has 0 aliphatic carbocycles. The van der Waals surface area contributed by atoms with Crippen LogP contribution in [0, 0.1) is 13.8 Å². The number of rotatable bonds is 2. The fourth-order valence-corrected chi connectivity index (χ4v) is 3.33. The Morgan fingerprint density at radius 1 is 1.24 bits per heavy atom. The molecule has 0 spiro atoms. The number of piperidine rings is 1. The number of carbonyl (C=O) groups excluding carboxylic acids is 1. The van der Waals surface area contributed by atoms with Gasteiger partial charge in [-0.25, -0.2) is 4.79 Å². The Bertz CT molecular complexity index is 887. The van der Waals surface area contributed by atoms with Gasteiger partial charge in [-0.15, -0.1) is 10.2 Å². The Hall–Kier alpha value is -2.90. The van der Waals surface area contributed by atoms with Crippen LogP contribution >= 0.6 is 0 Å². The second-order valence-electron chi connectivity index (χ2n) is 6.38. The number of hydrogen-bond donors (Lipinski definition) is 1. The third-order valence-corrected chi connectivity index (χ3v) is 4.75. The SMILES string of the molecule is Cc1noc(C)c1NC(=O)N1CCC(c2nnc3ccccn23)CC1. The Balaban J connectivity index is 1.42. The van der Waals surface area contributed by atoms with E-state index in [9.17, 15) is 4.79 Å². The van der Waals surface area contributed by atoms with Crippen molar-refractivity contribution in [2.24, 2.45) is 0 Å². The van der Waals surface area contributed by atoms with Crippen LogP contribution in [0.3, 0.4) is 0 Å². The molecule has 1 fully saturated rings. The molecule has 2 amide bonds. The maximum atomic E-state index is 12.5. The smallest absolute Gasteiger partial charge is 0.321 e. The van der Waals surface area contributed by atoms with E-state index < -0.39 is 0 Å². The molecule has 0 radical (unpaired) electrons. The van der Waals surface area contributed by atoms with E-state index in [4.69, 9.17) is 4.52 Å². The Morgan fingerprint density at radius 3 is 2.76 bits per heavy atom. The molecule has 130 valence electrons. The number of aryl methyl sites for hydroxylation is 2. The van der Waals surface area contributed by atoms with Gasteiger partial charge in [0.1, 0.15) is 17.2 Å². The maximum Gasteiger partial charge on any atom is 0.321 e. The Labute approximate surface area is 144 Å². The molecule has 0 saturated carbocycles. The molecule has 0 unspecified atom stereocenters. The fourth-order valence-electron chi connectivity index (χ4n) is 3.33. The average molecular weight is 340 g/mol. The molecule has 1 N–H and O–H groups in total. The zero-order valence-corrected chi connectivity index (χ0v) is 14.3. The van der Waals surface area contributed by atoms with Crippen LogP contribution in [-0.2, 0) is 0 Å². The van der Waals surface area contributed by atoms with Gasteiger partial charge in [0.25, 0.3) is 0 Å². The third-order valence-electron chi connectivity index (χ3n) is 4.75. The average Bonchev–Trinajstić information content (AvgIpc) is 3.20. The zero-order chi connectivity index (χ0) is 17.4. The predicted molar refractivity (Wildman–Crippen MR) is 91.5 cm³/mol. The van der Waals surface area contributed by atoms with Crippen molar-refractivity contribution >= 4 is 17.4 Å². The number of likely N-dealkylation sites (tertiary alicyclic amines) is 1. The lowest BCUT2D eigenvalue weighted by Crippen LogP contribution is -2.41. The first-order valence-electron chi connectivity index (χ1n) is 8.42. The standard InChI is InChI=1S/C17H20N6O2/c1-11-15(12(2)25-21-11)18-17(24)22-9-6-13(7-10-22)16-20-19-14-5-3-4-8-23(14)16/h3-5,8,13H,6-7,9-10H2,1-2H3,(H,18,24). The summed E-state index contributed by atoms with van der Waals surface area (Å²) in [4.78, 5) is 14.3. The van der Waals surface area contributed by atoms with Crippen LogP contribution in [-0.4, -0.2) is 43.8 Å². The van der Waals surface area contributed by atoms with Crippen LogP contribution in [0.5, 0.6) is 0 Å². The van der Waals surface area contributed by atoms with Crippen LogP contribution < -0.4 is 5.32 Å². The molecule has 25 heavy (non-hydrogen) atoms. The number of carbonyl (C=O) groups is 1. The number of urea groups is 1. The highest BCUT2D eigenvalue weighted by Crippen LogP contribution is 2.28. The first-order valence-corrected chi connectivity index (χ1v) is 8.42. The minimum atomic E-state index is -0.112. The number of nitrogens with one attached hydrogen (secondary N) is 1. The van der Waals surface area contributed by atoms with E-state index >= 15 is 0 Å². The van der Waals surface area contributed by atoms with Crippen molar-refractivity contribution in [3.8, 4) is 0 Å². The second kappa shape index (κ2) is 6.19. The van der Waals surface area contributed by atoms with Gasteiger partial charge in [-0.1, -0.05) is 11.2 Å². The van der Waals surface area contributed by atoms with E-state index in [-0.39, 0.29) is 6.03 Å². The topological polar surface area (TPSA) is 88.6 Å². The van der Waals surface area contributed by atoms with Crippen molar-refractivity contribution in [2.75, 3.05) is 18.4 Å². The van der Waals surface area contributed by atoms with Crippen molar-refractivity contribution in [3.63, 3.8) is 0 Å². The normalized spacial score (nSPS) is 15.7. The molecule has 3 aromatic rings. The minimum Gasteiger partial charge on any atom is -0.359 e. The summed E-state index contributed by atoms with van der Waals surface area (Å²) in [5.74, 6) is 1.90. The lowest BCUT2D eigenvalue weighted by molar-refractivity contribution is 0.193. The Morgan fingerprint density at radius 2 is 2.04 bits per heavy atom. The summed E-state index contributed by atoms with van der Waals surface area (Å²) in [5.41, 5.74) is 2.21. The number of hydrogen-bond acceptors (Lipinski definition) is 5. The molecule has 4 rings (SSSR count). The number of nitrogens with zero attached hydrogens (tertiary/aromatic N) is 5. The first kappa shape index (κ1) is 15.6. The highest BCUT2D eigenvalue weighted by Gasteiger charge is 2.27. The van der Waals surface area contributed by atoms with E-state index in [0.29, 0.717) is 36.1 Å². The largest absolute Gasteiger partial charge is 0.359 e. The second-order valence-corrected chi connectivity index (χ2v) is 6.38. The van der Waals surface area contributed by atoms with E-state index in [2.05, 4.69) is 20.7 Å². The predicted octanol–water partition coefficient (Wildman–Crippen LogP) is 2.75. The van der Waals surface area contributed by atoms with Gasteiger partial charge in [0.15, 0.2) is 11.4 Å². The summed E-state index contributed by atoms with van der Waals surface area (Å²) in [6, 6.07) is 5.77. The van der Waals surface area contributed by atoms with Gasteiger partial charge in [0.05, 0.1) is 0 Å². The molecule has 1 aliphatic heterocycles. The number of aromatic nitrogens is 4. The summed E-state index contributed by atoms with van der Waals surface area (Å²) in [5, 5.41) is 15.3. The van der Waals surface area contributed by atoms with Gasteiger partial charge in [-0.2, -0.15) is 0 Å². The van der Waals surface area contributed by atoms with Crippen LogP contribution in [0.15, 0.2) is 28.9 Å². The molecule has 1 saturated heterocycles. The number of amides is 2. The minimum absolute atomic E-state index is 0.112. The summed E-state index contributed by atoms with van der Waals surface area (Å²) in [6.07, 6.45) is 3.72. The molecular formula is C17H20N6O2. The third kappa shape index (κ3) is 2.84. The lowest BCUT2D eigenvalue weighted by Gasteiger charge is -2.31. The number of fused-ring (bicyclic) bond motifs is 1. The molecule has 8 heteroatoms.